The molecule has 0 aromatic heterocycles. The highest BCUT2D eigenvalue weighted by Gasteiger charge is 2.22. The fourth-order valence-corrected chi connectivity index (χ4v) is 4.88. The third-order valence-corrected chi connectivity index (χ3v) is 6.78. The van der Waals surface area contributed by atoms with Crippen LogP contribution >= 0.6 is 0 Å². The van der Waals surface area contributed by atoms with Gasteiger partial charge in [0.1, 0.15) is 0 Å². The topological polar surface area (TPSA) is 18.5 Å². The Kier molecular flexibility index (Phi) is 9.98. The molecule has 0 amide bonds. The third kappa shape index (κ3) is 6.78. The van der Waals surface area contributed by atoms with Gasteiger partial charge >= 0.3 is 0 Å². The lowest BCUT2D eigenvalue weighted by atomic mass is 9.77. The van der Waals surface area contributed by atoms with Crippen molar-refractivity contribution in [1.29, 1.82) is 0 Å². The quantitative estimate of drug-likeness (QED) is 0.307. The zero-order valence-electron chi connectivity index (χ0n) is 19.7. The first-order valence-corrected chi connectivity index (χ1v) is 12.3. The number of unbranched alkanes of at least 4 members (excludes halogenated alkanes) is 3. The molecule has 0 heterocycles. The molecular weight excluding hydrogens is 406 g/mol. The van der Waals surface area contributed by atoms with E-state index in [0.717, 1.165) is 38.2 Å². The van der Waals surface area contributed by atoms with Gasteiger partial charge in [-0.2, -0.15) is 4.39 Å². The van der Waals surface area contributed by atoms with E-state index in [-0.39, 0.29) is 11.3 Å². The Morgan fingerprint density at radius 3 is 2.16 bits per heavy atom. The van der Waals surface area contributed by atoms with Crippen molar-refractivity contribution in [3.05, 3.63) is 53.6 Å². The summed E-state index contributed by atoms with van der Waals surface area (Å²) >= 11 is 0. The Hall–Kier alpha value is -1.94. The van der Waals surface area contributed by atoms with Gasteiger partial charge in [0.15, 0.2) is 11.6 Å². The van der Waals surface area contributed by atoms with Crippen molar-refractivity contribution in [3.8, 4) is 16.9 Å². The maximum Gasteiger partial charge on any atom is 0.201 e. The first-order valence-electron chi connectivity index (χ1n) is 12.3. The van der Waals surface area contributed by atoms with E-state index in [2.05, 4.69) is 19.1 Å². The highest BCUT2D eigenvalue weighted by atomic mass is 19.2. The van der Waals surface area contributed by atoms with Crippen molar-refractivity contribution in [1.82, 2.24) is 0 Å². The minimum atomic E-state index is -0.903. The van der Waals surface area contributed by atoms with Crippen LogP contribution in [0.3, 0.4) is 0 Å². The monoisotopic (exact) mass is 444 g/mol. The molecule has 176 valence electrons. The molecule has 2 aromatic rings. The van der Waals surface area contributed by atoms with Gasteiger partial charge in [-0.05, 0) is 80.0 Å². The number of benzene rings is 2. The van der Waals surface area contributed by atoms with Crippen LogP contribution in [0.25, 0.3) is 11.1 Å². The van der Waals surface area contributed by atoms with Crippen LogP contribution in [-0.2, 0) is 4.74 Å². The van der Waals surface area contributed by atoms with Crippen LogP contribution in [0, 0.1) is 17.6 Å². The molecule has 32 heavy (non-hydrogen) atoms. The minimum absolute atomic E-state index is 0.0106. The number of ether oxygens (including phenoxy) is 2. The molecular formula is C28H38F2O2. The first kappa shape index (κ1) is 24.7. The van der Waals surface area contributed by atoms with E-state index in [1.54, 1.807) is 19.2 Å². The molecule has 0 unspecified atom stereocenters. The Morgan fingerprint density at radius 2 is 1.50 bits per heavy atom. The summed E-state index contributed by atoms with van der Waals surface area (Å²) < 4.78 is 39.9. The second-order valence-electron chi connectivity index (χ2n) is 9.12. The van der Waals surface area contributed by atoms with Gasteiger partial charge in [0.25, 0.3) is 0 Å². The maximum atomic E-state index is 14.8. The van der Waals surface area contributed by atoms with Gasteiger partial charge in [0.05, 0.1) is 6.61 Å². The van der Waals surface area contributed by atoms with E-state index in [4.69, 9.17) is 9.47 Å². The summed E-state index contributed by atoms with van der Waals surface area (Å²) in [6.45, 7) is 3.40. The molecule has 2 aromatic carbocycles. The molecule has 3 rings (SSSR count). The van der Waals surface area contributed by atoms with E-state index in [9.17, 15) is 8.78 Å². The summed E-state index contributed by atoms with van der Waals surface area (Å²) in [4.78, 5) is 0. The minimum Gasteiger partial charge on any atom is -0.490 e. The lowest BCUT2D eigenvalue weighted by Crippen LogP contribution is -2.13. The number of hydrogen-bond acceptors (Lipinski definition) is 2. The lowest BCUT2D eigenvalue weighted by Gasteiger charge is -2.28. The molecule has 0 radical (unpaired) electrons. The zero-order chi connectivity index (χ0) is 22.8. The van der Waals surface area contributed by atoms with E-state index in [1.807, 2.05) is 12.1 Å². The molecule has 1 fully saturated rings. The zero-order valence-corrected chi connectivity index (χ0v) is 19.7. The van der Waals surface area contributed by atoms with Crippen molar-refractivity contribution >= 4 is 0 Å². The highest BCUT2D eigenvalue weighted by molar-refractivity contribution is 5.65. The molecule has 0 N–H and O–H groups in total. The number of rotatable bonds is 12. The molecule has 2 nitrogen and oxygen atoms in total. The van der Waals surface area contributed by atoms with Crippen molar-refractivity contribution in [3.63, 3.8) is 0 Å². The predicted molar refractivity (Wildman–Crippen MR) is 127 cm³/mol. The van der Waals surface area contributed by atoms with Gasteiger partial charge in [-0.1, -0.05) is 50.5 Å². The lowest BCUT2D eigenvalue weighted by molar-refractivity contribution is 0.190. The summed E-state index contributed by atoms with van der Waals surface area (Å²) in [5.41, 5.74) is 2.30. The van der Waals surface area contributed by atoms with Crippen LogP contribution in [0.5, 0.6) is 5.75 Å². The SMILES string of the molecule is CCCC1CCC(c2ccc(-c3ccc(OCCCCCCOC)c(F)c3F)cc2)CC1. The smallest absolute Gasteiger partial charge is 0.201 e. The van der Waals surface area contributed by atoms with Crippen LogP contribution in [-0.4, -0.2) is 20.3 Å². The van der Waals surface area contributed by atoms with Crippen molar-refractivity contribution < 1.29 is 18.3 Å². The van der Waals surface area contributed by atoms with Gasteiger partial charge < -0.3 is 9.47 Å². The van der Waals surface area contributed by atoms with Crippen LogP contribution < -0.4 is 4.74 Å². The van der Waals surface area contributed by atoms with Crippen LogP contribution in [0.1, 0.15) is 82.6 Å². The Balaban J connectivity index is 1.55. The summed E-state index contributed by atoms with van der Waals surface area (Å²) in [5, 5.41) is 0. The molecule has 0 aliphatic heterocycles. The van der Waals surface area contributed by atoms with Crippen molar-refractivity contribution in [2.24, 2.45) is 5.92 Å². The second-order valence-corrected chi connectivity index (χ2v) is 9.12. The van der Waals surface area contributed by atoms with E-state index in [0.29, 0.717) is 18.1 Å². The molecule has 0 spiro atoms. The predicted octanol–water partition coefficient (Wildman–Crippen LogP) is 8.29. The number of halogens is 2. The fraction of sp³-hybridized carbons (Fsp3) is 0.571. The summed E-state index contributed by atoms with van der Waals surface area (Å²) in [7, 11) is 1.69. The van der Waals surface area contributed by atoms with Crippen LogP contribution in [0.15, 0.2) is 36.4 Å². The number of hydrogen-bond donors (Lipinski definition) is 0. The summed E-state index contributed by atoms with van der Waals surface area (Å²) in [6, 6.07) is 11.2. The largest absolute Gasteiger partial charge is 0.490 e. The molecule has 1 aliphatic carbocycles. The Labute approximate surface area is 192 Å². The van der Waals surface area contributed by atoms with Gasteiger partial charge in [-0.15, -0.1) is 0 Å². The third-order valence-electron chi connectivity index (χ3n) is 6.78. The van der Waals surface area contributed by atoms with Gasteiger partial charge in [-0.3, -0.25) is 0 Å². The maximum absolute atomic E-state index is 14.8. The molecule has 1 saturated carbocycles. The second kappa shape index (κ2) is 12.9. The van der Waals surface area contributed by atoms with Gasteiger partial charge in [-0.25, -0.2) is 4.39 Å². The average Bonchev–Trinajstić information content (AvgIpc) is 2.82. The molecule has 0 atom stereocenters. The molecule has 0 saturated heterocycles. The van der Waals surface area contributed by atoms with Crippen LogP contribution in [0.2, 0.25) is 0 Å². The highest BCUT2D eigenvalue weighted by Crippen LogP contribution is 2.38. The first-order chi connectivity index (χ1) is 15.6. The Morgan fingerprint density at radius 1 is 0.812 bits per heavy atom. The molecule has 1 aliphatic rings. The Bertz CT molecular complexity index is 811. The standard InChI is InChI=1S/C28H38F2O2/c1-3-8-21-9-11-22(12-10-21)23-13-15-24(16-14-23)25-17-18-26(28(30)27(25)29)32-20-7-5-4-6-19-31-2/h13-18,21-22H,3-12,19-20H2,1-2H3. The van der Waals surface area contributed by atoms with E-state index < -0.39 is 11.6 Å². The van der Waals surface area contributed by atoms with Crippen molar-refractivity contribution in [2.75, 3.05) is 20.3 Å². The molecule has 4 heteroatoms. The normalized spacial score (nSPS) is 18.6. The van der Waals surface area contributed by atoms with Gasteiger partial charge in [0, 0.05) is 19.3 Å². The summed E-state index contributed by atoms with van der Waals surface area (Å²) in [6.07, 6.45) is 11.5. The van der Waals surface area contributed by atoms with Crippen LogP contribution in [0.4, 0.5) is 8.78 Å². The van der Waals surface area contributed by atoms with Crippen molar-refractivity contribution in [2.45, 2.75) is 77.0 Å². The molecule has 0 bridgehead atoms. The van der Waals surface area contributed by atoms with E-state index in [1.165, 1.54) is 44.1 Å². The van der Waals surface area contributed by atoms with E-state index >= 15 is 0 Å². The number of methoxy groups -OCH3 is 1. The average molecular weight is 445 g/mol. The fourth-order valence-electron chi connectivity index (χ4n) is 4.88. The van der Waals surface area contributed by atoms with Gasteiger partial charge in [0.2, 0.25) is 5.82 Å². The summed E-state index contributed by atoms with van der Waals surface area (Å²) in [5.74, 6) is -0.285.